The van der Waals surface area contributed by atoms with E-state index in [1.54, 1.807) is 0 Å². The van der Waals surface area contributed by atoms with Gasteiger partial charge in [-0.2, -0.15) is 0 Å². The topological polar surface area (TPSA) is 18.5 Å². The van der Waals surface area contributed by atoms with Gasteiger partial charge in [0.15, 0.2) is 0 Å². The monoisotopic (exact) mass is 300 g/mol. The summed E-state index contributed by atoms with van der Waals surface area (Å²) in [5.41, 5.74) is 4.85. The summed E-state index contributed by atoms with van der Waals surface area (Å²) in [7, 11) is -1.67. The van der Waals surface area contributed by atoms with Gasteiger partial charge in [0.25, 0.3) is 0 Å². The van der Waals surface area contributed by atoms with Gasteiger partial charge >= 0.3 is 7.12 Å². The predicted octanol–water partition coefficient (Wildman–Crippen LogP) is 3.21. The molecule has 1 fully saturated rings. The molecule has 0 saturated carbocycles. The summed E-state index contributed by atoms with van der Waals surface area (Å²) >= 11 is 0. The lowest BCUT2D eigenvalue weighted by Crippen LogP contribution is -2.41. The van der Waals surface area contributed by atoms with Crippen molar-refractivity contribution in [2.45, 2.75) is 58.5 Å². The summed E-state index contributed by atoms with van der Waals surface area (Å²) < 4.78 is 12.2. The van der Waals surface area contributed by atoms with Crippen LogP contribution in [0.4, 0.5) is 0 Å². The second-order valence-electron chi connectivity index (χ2n) is 7.71. The van der Waals surface area contributed by atoms with Gasteiger partial charge in [0.2, 0.25) is 0 Å². The quantitative estimate of drug-likeness (QED) is 0.586. The average Bonchev–Trinajstić information content (AvgIpc) is 2.56. The van der Waals surface area contributed by atoms with E-state index in [1.807, 2.05) is 18.2 Å². The zero-order chi connectivity index (χ0) is 15.9. The van der Waals surface area contributed by atoms with Crippen molar-refractivity contribution in [3.63, 3.8) is 0 Å². The van der Waals surface area contributed by atoms with E-state index in [2.05, 4.69) is 64.9 Å². The van der Waals surface area contributed by atoms with Crippen molar-refractivity contribution in [3.8, 4) is 11.5 Å². The molecular weight excluding hydrogens is 275 g/mol. The van der Waals surface area contributed by atoms with E-state index < -0.39 is 8.07 Å². The van der Waals surface area contributed by atoms with Gasteiger partial charge in [0.05, 0.1) is 11.2 Å². The first-order valence-electron chi connectivity index (χ1n) is 7.49. The van der Waals surface area contributed by atoms with Crippen molar-refractivity contribution >= 4 is 20.7 Å². The summed E-state index contributed by atoms with van der Waals surface area (Å²) in [6, 6.07) is 8.19. The molecule has 0 bridgehead atoms. The van der Waals surface area contributed by atoms with E-state index in [-0.39, 0.29) is 18.3 Å². The molecule has 1 aromatic carbocycles. The van der Waals surface area contributed by atoms with Crippen LogP contribution in [0.5, 0.6) is 0 Å². The van der Waals surface area contributed by atoms with Gasteiger partial charge in [-0.15, -0.1) is 5.54 Å². The highest BCUT2D eigenvalue weighted by Crippen LogP contribution is 2.36. The molecule has 2 nitrogen and oxygen atoms in total. The molecule has 0 spiro atoms. The van der Waals surface area contributed by atoms with E-state index in [0.29, 0.717) is 0 Å². The summed E-state index contributed by atoms with van der Waals surface area (Å²) in [4.78, 5) is 0. The third-order valence-electron chi connectivity index (χ3n) is 3.99. The van der Waals surface area contributed by atoms with Crippen molar-refractivity contribution in [3.05, 3.63) is 29.8 Å². The van der Waals surface area contributed by atoms with Crippen LogP contribution in [0.15, 0.2) is 24.3 Å². The molecule has 4 heteroatoms. The van der Waals surface area contributed by atoms with Crippen LogP contribution in [-0.2, 0) is 9.31 Å². The molecule has 0 N–H and O–H groups in total. The molecule has 1 aromatic rings. The molecule has 1 aliphatic heterocycles. The van der Waals surface area contributed by atoms with Crippen molar-refractivity contribution in [2.75, 3.05) is 0 Å². The van der Waals surface area contributed by atoms with Crippen molar-refractivity contribution < 1.29 is 9.31 Å². The van der Waals surface area contributed by atoms with Crippen LogP contribution in [0.3, 0.4) is 0 Å². The average molecular weight is 300 g/mol. The van der Waals surface area contributed by atoms with Crippen LogP contribution in [0.1, 0.15) is 33.3 Å². The summed E-state index contributed by atoms with van der Waals surface area (Å²) in [5, 5.41) is 0. The summed E-state index contributed by atoms with van der Waals surface area (Å²) in [5.74, 6) is 3.29. The molecular formula is C17H25BO2Si. The zero-order valence-electron chi connectivity index (χ0n) is 14.2. The lowest BCUT2D eigenvalue weighted by molar-refractivity contribution is 0.00578. The Morgan fingerprint density at radius 2 is 1.57 bits per heavy atom. The molecule has 0 unspecified atom stereocenters. The summed E-state index contributed by atoms with van der Waals surface area (Å²) in [6.45, 7) is 15.0. The lowest BCUT2D eigenvalue weighted by Gasteiger charge is -2.32. The Hall–Kier alpha value is -1.02. The Bertz CT molecular complexity index is 575. The SMILES string of the molecule is CC1(C)OB(c2cccc(C#C[Si](C)(C)C)c2)OC1(C)C. The highest BCUT2D eigenvalue weighted by molar-refractivity contribution is 6.83. The smallest absolute Gasteiger partial charge is 0.399 e. The molecule has 1 heterocycles. The van der Waals surface area contributed by atoms with Crippen LogP contribution in [0.25, 0.3) is 0 Å². The minimum Gasteiger partial charge on any atom is -0.399 e. The Balaban J connectivity index is 2.25. The van der Waals surface area contributed by atoms with Crippen LogP contribution in [0.2, 0.25) is 19.6 Å². The van der Waals surface area contributed by atoms with Gasteiger partial charge in [-0.05, 0) is 45.3 Å². The predicted molar refractivity (Wildman–Crippen MR) is 92.4 cm³/mol. The summed E-state index contributed by atoms with van der Waals surface area (Å²) in [6.07, 6.45) is 0. The van der Waals surface area contributed by atoms with Crippen molar-refractivity contribution in [1.82, 2.24) is 0 Å². The fourth-order valence-electron chi connectivity index (χ4n) is 2.00. The van der Waals surface area contributed by atoms with Gasteiger partial charge in [0, 0.05) is 5.56 Å². The van der Waals surface area contributed by atoms with Crippen molar-refractivity contribution in [1.29, 1.82) is 0 Å². The molecule has 0 aromatic heterocycles. The second kappa shape index (κ2) is 5.32. The van der Waals surface area contributed by atoms with E-state index >= 15 is 0 Å². The maximum Gasteiger partial charge on any atom is 0.494 e. The molecule has 0 atom stereocenters. The number of benzene rings is 1. The van der Waals surface area contributed by atoms with E-state index in [4.69, 9.17) is 9.31 Å². The van der Waals surface area contributed by atoms with Crippen LogP contribution < -0.4 is 5.46 Å². The molecule has 1 aliphatic rings. The highest BCUT2D eigenvalue weighted by atomic mass is 28.3. The van der Waals surface area contributed by atoms with Gasteiger partial charge in [0.1, 0.15) is 8.07 Å². The molecule has 1 saturated heterocycles. The Morgan fingerprint density at radius 1 is 1.00 bits per heavy atom. The molecule has 0 aliphatic carbocycles. The van der Waals surface area contributed by atoms with E-state index in [0.717, 1.165) is 11.0 Å². The van der Waals surface area contributed by atoms with Gasteiger partial charge in [-0.1, -0.05) is 37.7 Å². The minimum absolute atomic E-state index is 0.308. The van der Waals surface area contributed by atoms with Crippen LogP contribution in [0, 0.1) is 11.5 Å². The molecule has 2 rings (SSSR count). The molecule has 0 amide bonds. The van der Waals surface area contributed by atoms with Crippen molar-refractivity contribution in [2.24, 2.45) is 0 Å². The van der Waals surface area contributed by atoms with Crippen LogP contribution >= 0.6 is 0 Å². The number of rotatable bonds is 1. The fraction of sp³-hybridized carbons (Fsp3) is 0.529. The Labute approximate surface area is 130 Å². The standard InChI is InChI=1S/C17H25BO2Si/c1-16(2)17(3,4)20-18(19-16)15-10-8-9-14(13-15)11-12-21(5,6)7/h8-10,13H,1-7H3. The Morgan fingerprint density at radius 3 is 2.10 bits per heavy atom. The molecule has 112 valence electrons. The first-order chi connectivity index (χ1) is 9.50. The lowest BCUT2D eigenvalue weighted by atomic mass is 9.78. The van der Waals surface area contributed by atoms with Gasteiger partial charge in [-0.3, -0.25) is 0 Å². The molecule has 21 heavy (non-hydrogen) atoms. The largest absolute Gasteiger partial charge is 0.494 e. The number of hydrogen-bond donors (Lipinski definition) is 0. The van der Waals surface area contributed by atoms with Gasteiger partial charge < -0.3 is 9.31 Å². The molecule has 0 radical (unpaired) electrons. The normalized spacial score (nSPS) is 20.0. The van der Waals surface area contributed by atoms with E-state index in [9.17, 15) is 0 Å². The third kappa shape index (κ3) is 3.79. The first kappa shape index (κ1) is 16.4. The second-order valence-corrected chi connectivity index (χ2v) is 12.5. The zero-order valence-corrected chi connectivity index (χ0v) is 15.2. The number of hydrogen-bond acceptors (Lipinski definition) is 2. The maximum atomic E-state index is 6.09. The van der Waals surface area contributed by atoms with Crippen LogP contribution in [-0.4, -0.2) is 26.4 Å². The minimum atomic E-state index is -1.36. The Kier molecular flexibility index (Phi) is 4.14. The fourth-order valence-corrected chi connectivity index (χ4v) is 2.52. The van der Waals surface area contributed by atoms with Gasteiger partial charge in [-0.25, -0.2) is 0 Å². The van der Waals surface area contributed by atoms with E-state index in [1.165, 1.54) is 0 Å². The maximum absolute atomic E-state index is 6.09. The highest BCUT2D eigenvalue weighted by Gasteiger charge is 2.51. The third-order valence-corrected chi connectivity index (χ3v) is 4.87. The first-order valence-corrected chi connectivity index (χ1v) is 11.0.